The Morgan fingerprint density at radius 2 is 1.64 bits per heavy atom. The summed E-state index contributed by atoms with van der Waals surface area (Å²) in [5.74, 6) is 0.392. The molecule has 2 aromatic rings. The van der Waals surface area contributed by atoms with Crippen LogP contribution in [0.3, 0.4) is 0 Å². The fraction of sp³-hybridized carbons (Fsp3) is 0.333. The fourth-order valence-corrected chi connectivity index (χ4v) is 3.27. The van der Waals surface area contributed by atoms with Crippen LogP contribution in [-0.2, 0) is 9.59 Å². The number of methoxy groups -OCH3 is 1. The maximum Gasteiger partial charge on any atom is 0.279 e. The lowest BCUT2D eigenvalue weighted by Crippen LogP contribution is -3.13. The number of nitrogens with one attached hydrogen (secondary N) is 3. The zero-order valence-electron chi connectivity index (χ0n) is 16.7. The van der Waals surface area contributed by atoms with E-state index in [0.29, 0.717) is 22.9 Å². The minimum absolute atomic E-state index is 0.153. The molecule has 0 aromatic heterocycles. The number of likely N-dealkylation sites (N-methyl/N-ethyl adjacent to an activating group) is 1. The van der Waals surface area contributed by atoms with Crippen LogP contribution in [0.25, 0.3) is 0 Å². The Balaban J connectivity index is 1.92. The molecule has 6 nitrogen and oxygen atoms in total. The molecule has 150 valence electrons. The Bertz CT molecular complexity index is 814. The van der Waals surface area contributed by atoms with E-state index < -0.39 is 0 Å². The van der Waals surface area contributed by atoms with Crippen molar-refractivity contribution in [3.63, 3.8) is 0 Å². The quantitative estimate of drug-likeness (QED) is 0.632. The van der Waals surface area contributed by atoms with Gasteiger partial charge in [0.1, 0.15) is 5.75 Å². The molecule has 2 amide bonds. The normalized spacial score (nSPS) is 11.6. The van der Waals surface area contributed by atoms with Gasteiger partial charge in [0.05, 0.1) is 24.4 Å². The number of aryl methyl sites for hydroxylation is 2. The standard InChI is InChI=1S/C21H26ClN3O3/c1-5-25(12-19(26)23-16-6-8-17(28-4)9-7-16)13-20(27)24-21-15(3)10-14(2)11-18(21)22/h6-11H,5,12-13H2,1-4H3,(H,23,26)(H,24,27)/p+1. The summed E-state index contributed by atoms with van der Waals surface area (Å²) in [6, 6.07) is 10.9. The van der Waals surface area contributed by atoms with Gasteiger partial charge in [-0.2, -0.15) is 0 Å². The lowest BCUT2D eigenvalue weighted by molar-refractivity contribution is -0.881. The van der Waals surface area contributed by atoms with Crippen molar-refractivity contribution in [2.45, 2.75) is 20.8 Å². The Labute approximate surface area is 170 Å². The molecular formula is C21H27ClN3O3+. The van der Waals surface area contributed by atoms with Crippen LogP contribution >= 0.6 is 11.6 Å². The third-order valence-electron chi connectivity index (χ3n) is 4.39. The van der Waals surface area contributed by atoms with E-state index in [2.05, 4.69) is 10.6 Å². The second kappa shape index (κ2) is 10.1. The molecule has 2 rings (SSSR count). The zero-order chi connectivity index (χ0) is 20.7. The minimum atomic E-state index is -0.178. The van der Waals surface area contributed by atoms with Gasteiger partial charge in [-0.05, 0) is 62.2 Å². The van der Waals surface area contributed by atoms with E-state index in [1.807, 2.05) is 32.9 Å². The van der Waals surface area contributed by atoms with Crippen molar-refractivity contribution in [1.29, 1.82) is 0 Å². The maximum absolute atomic E-state index is 12.4. The molecule has 0 aliphatic heterocycles. The second-order valence-corrected chi connectivity index (χ2v) is 7.13. The smallest absolute Gasteiger partial charge is 0.279 e. The van der Waals surface area contributed by atoms with Gasteiger partial charge in [0.2, 0.25) is 0 Å². The molecule has 2 aromatic carbocycles. The van der Waals surface area contributed by atoms with Gasteiger partial charge in [-0.25, -0.2) is 0 Å². The van der Waals surface area contributed by atoms with Gasteiger partial charge in [0.15, 0.2) is 13.1 Å². The Hall–Kier alpha value is -2.57. The maximum atomic E-state index is 12.4. The molecule has 0 heterocycles. The Kier molecular flexibility index (Phi) is 7.84. The molecular weight excluding hydrogens is 378 g/mol. The van der Waals surface area contributed by atoms with Crippen LogP contribution in [0.5, 0.6) is 5.75 Å². The van der Waals surface area contributed by atoms with E-state index in [9.17, 15) is 9.59 Å². The van der Waals surface area contributed by atoms with Gasteiger partial charge < -0.3 is 20.3 Å². The highest BCUT2D eigenvalue weighted by Gasteiger charge is 2.18. The molecule has 0 saturated heterocycles. The number of rotatable bonds is 8. The first kappa shape index (κ1) is 21.7. The number of carbonyl (C=O) groups excluding carboxylic acids is 2. The van der Waals surface area contributed by atoms with Crippen molar-refractivity contribution in [3.05, 3.63) is 52.5 Å². The van der Waals surface area contributed by atoms with Gasteiger partial charge in [0.25, 0.3) is 11.8 Å². The van der Waals surface area contributed by atoms with E-state index in [1.165, 1.54) is 0 Å². The van der Waals surface area contributed by atoms with E-state index >= 15 is 0 Å². The van der Waals surface area contributed by atoms with E-state index in [4.69, 9.17) is 16.3 Å². The van der Waals surface area contributed by atoms with Gasteiger partial charge in [0, 0.05) is 5.69 Å². The predicted molar refractivity (Wildman–Crippen MR) is 112 cm³/mol. The number of hydrogen-bond donors (Lipinski definition) is 3. The van der Waals surface area contributed by atoms with Crippen LogP contribution in [0.2, 0.25) is 5.02 Å². The fourth-order valence-electron chi connectivity index (χ4n) is 2.90. The second-order valence-electron chi connectivity index (χ2n) is 6.72. The van der Waals surface area contributed by atoms with Crippen molar-refractivity contribution in [1.82, 2.24) is 0 Å². The summed E-state index contributed by atoms with van der Waals surface area (Å²) in [4.78, 5) is 25.6. The molecule has 0 radical (unpaired) electrons. The highest BCUT2D eigenvalue weighted by molar-refractivity contribution is 6.34. The summed E-state index contributed by atoms with van der Waals surface area (Å²) in [5, 5.41) is 6.22. The molecule has 7 heteroatoms. The average Bonchev–Trinajstić information content (AvgIpc) is 2.64. The first-order chi connectivity index (χ1) is 13.3. The highest BCUT2D eigenvalue weighted by atomic mass is 35.5. The summed E-state index contributed by atoms with van der Waals surface area (Å²) in [6.07, 6.45) is 0. The lowest BCUT2D eigenvalue weighted by Gasteiger charge is -2.18. The van der Waals surface area contributed by atoms with E-state index in [0.717, 1.165) is 21.8 Å². The number of halogens is 1. The van der Waals surface area contributed by atoms with Crippen molar-refractivity contribution in [2.75, 3.05) is 37.4 Å². The number of benzene rings is 2. The van der Waals surface area contributed by atoms with Gasteiger partial charge >= 0.3 is 0 Å². The van der Waals surface area contributed by atoms with Gasteiger partial charge in [-0.15, -0.1) is 0 Å². The molecule has 0 fully saturated rings. The molecule has 0 spiro atoms. The monoisotopic (exact) mass is 404 g/mol. The molecule has 1 atom stereocenters. The number of amides is 2. The summed E-state index contributed by atoms with van der Waals surface area (Å²) < 4.78 is 5.10. The lowest BCUT2D eigenvalue weighted by atomic mass is 10.1. The molecule has 3 N–H and O–H groups in total. The molecule has 0 bridgehead atoms. The summed E-state index contributed by atoms with van der Waals surface area (Å²) in [5.41, 5.74) is 3.26. The van der Waals surface area contributed by atoms with Crippen LogP contribution in [0.4, 0.5) is 11.4 Å². The molecule has 0 saturated carbocycles. The molecule has 0 aliphatic carbocycles. The predicted octanol–water partition coefficient (Wildman–Crippen LogP) is 2.45. The minimum Gasteiger partial charge on any atom is -0.497 e. The summed E-state index contributed by atoms with van der Waals surface area (Å²) in [7, 11) is 1.59. The number of quaternary nitrogens is 1. The Morgan fingerprint density at radius 3 is 2.18 bits per heavy atom. The van der Waals surface area contributed by atoms with E-state index in [-0.39, 0.29) is 24.9 Å². The van der Waals surface area contributed by atoms with Crippen molar-refractivity contribution in [3.8, 4) is 5.75 Å². The number of hydrogen-bond acceptors (Lipinski definition) is 3. The first-order valence-corrected chi connectivity index (χ1v) is 9.54. The molecule has 0 aliphatic rings. The van der Waals surface area contributed by atoms with Crippen molar-refractivity contribution < 1.29 is 19.2 Å². The molecule has 1 unspecified atom stereocenters. The van der Waals surface area contributed by atoms with Crippen molar-refractivity contribution in [2.24, 2.45) is 0 Å². The van der Waals surface area contributed by atoms with Crippen LogP contribution in [-0.4, -0.2) is 38.6 Å². The highest BCUT2D eigenvalue weighted by Crippen LogP contribution is 2.27. The summed E-state index contributed by atoms with van der Waals surface area (Å²) >= 11 is 6.25. The topological polar surface area (TPSA) is 71.9 Å². The number of carbonyl (C=O) groups is 2. The van der Waals surface area contributed by atoms with Gasteiger partial charge in [-0.3, -0.25) is 9.59 Å². The van der Waals surface area contributed by atoms with Crippen LogP contribution in [0.15, 0.2) is 36.4 Å². The average molecular weight is 405 g/mol. The Morgan fingerprint density at radius 1 is 1.04 bits per heavy atom. The number of anilines is 2. The van der Waals surface area contributed by atoms with E-state index in [1.54, 1.807) is 31.4 Å². The SMILES string of the molecule is CC[NH+](CC(=O)Nc1ccc(OC)cc1)CC(=O)Nc1c(C)cc(C)cc1Cl. The number of ether oxygens (including phenoxy) is 1. The third kappa shape index (κ3) is 6.25. The van der Waals surface area contributed by atoms with Crippen LogP contribution < -0.4 is 20.3 Å². The largest absolute Gasteiger partial charge is 0.497 e. The first-order valence-electron chi connectivity index (χ1n) is 9.16. The van der Waals surface area contributed by atoms with Crippen LogP contribution in [0.1, 0.15) is 18.1 Å². The summed E-state index contributed by atoms with van der Waals surface area (Å²) in [6.45, 7) is 6.81. The van der Waals surface area contributed by atoms with Crippen LogP contribution in [0, 0.1) is 13.8 Å². The zero-order valence-corrected chi connectivity index (χ0v) is 17.4. The molecule has 28 heavy (non-hydrogen) atoms. The van der Waals surface area contributed by atoms with Gasteiger partial charge in [-0.1, -0.05) is 17.7 Å². The van der Waals surface area contributed by atoms with Crippen molar-refractivity contribution >= 4 is 34.8 Å². The third-order valence-corrected chi connectivity index (χ3v) is 4.69.